The molecule has 5 heteroatoms. The van der Waals surface area contributed by atoms with Crippen molar-refractivity contribution in [3.8, 4) is 0 Å². The van der Waals surface area contributed by atoms with Gasteiger partial charge in [-0.25, -0.2) is 4.39 Å². The number of benzene rings is 1. The quantitative estimate of drug-likeness (QED) is 0.810. The van der Waals surface area contributed by atoms with Crippen LogP contribution in [0.25, 0.3) is 0 Å². The lowest BCUT2D eigenvalue weighted by molar-refractivity contribution is 0.0904. The van der Waals surface area contributed by atoms with Gasteiger partial charge in [0.05, 0.1) is 0 Å². The summed E-state index contributed by atoms with van der Waals surface area (Å²) in [7, 11) is 0. The number of nitrogens with two attached hydrogens (primary N) is 1. The molecule has 92 valence electrons. The number of thiocarbonyl (C=S) groups is 1. The van der Waals surface area contributed by atoms with Crippen LogP contribution in [0.1, 0.15) is 18.4 Å². The Hall–Kier alpha value is -1.20. The van der Waals surface area contributed by atoms with Crippen LogP contribution in [0.15, 0.2) is 18.2 Å². The van der Waals surface area contributed by atoms with Crippen LogP contribution in [0.5, 0.6) is 0 Å². The van der Waals surface area contributed by atoms with E-state index in [1.54, 1.807) is 6.07 Å². The molecule has 1 aromatic rings. The van der Waals surface area contributed by atoms with Crippen molar-refractivity contribution in [2.45, 2.75) is 18.9 Å². The van der Waals surface area contributed by atoms with Crippen LogP contribution in [-0.4, -0.2) is 24.2 Å². The second-order valence-electron chi connectivity index (χ2n) is 4.09. The van der Waals surface area contributed by atoms with Crippen LogP contribution >= 0.6 is 12.2 Å². The van der Waals surface area contributed by atoms with Gasteiger partial charge in [-0.2, -0.15) is 0 Å². The first-order valence-corrected chi connectivity index (χ1v) is 6.01. The van der Waals surface area contributed by atoms with Crippen LogP contribution in [0.2, 0.25) is 0 Å². The zero-order valence-electron chi connectivity index (χ0n) is 9.41. The van der Waals surface area contributed by atoms with Crippen LogP contribution in [0.3, 0.4) is 0 Å². The van der Waals surface area contributed by atoms with Crippen molar-refractivity contribution in [1.82, 2.24) is 0 Å². The Morgan fingerprint density at radius 3 is 2.76 bits per heavy atom. The summed E-state index contributed by atoms with van der Waals surface area (Å²) in [4.78, 5) is 0.207. The Labute approximate surface area is 105 Å². The lowest BCUT2D eigenvalue weighted by Gasteiger charge is -2.25. The van der Waals surface area contributed by atoms with Crippen molar-refractivity contribution in [3.05, 3.63) is 29.6 Å². The fourth-order valence-electron chi connectivity index (χ4n) is 1.91. The minimum absolute atomic E-state index is 0.207. The standard InChI is InChI=1S/C12H15FN2OS/c13-8-1-2-11(10(7-8)12(14)17)15-9-3-5-16-6-4-9/h1-2,7,9,15H,3-6H2,(H2,14,17). The van der Waals surface area contributed by atoms with E-state index in [2.05, 4.69) is 5.32 Å². The van der Waals surface area contributed by atoms with Gasteiger partial charge >= 0.3 is 0 Å². The molecule has 0 radical (unpaired) electrons. The molecule has 0 bridgehead atoms. The van der Waals surface area contributed by atoms with E-state index < -0.39 is 0 Å². The zero-order valence-corrected chi connectivity index (χ0v) is 10.2. The third kappa shape index (κ3) is 3.14. The van der Waals surface area contributed by atoms with Gasteiger partial charge in [0.25, 0.3) is 0 Å². The average molecular weight is 254 g/mol. The normalized spacial score (nSPS) is 16.8. The van der Waals surface area contributed by atoms with Crippen LogP contribution in [-0.2, 0) is 4.74 Å². The van der Waals surface area contributed by atoms with Crippen molar-refractivity contribution in [2.75, 3.05) is 18.5 Å². The molecule has 3 N–H and O–H groups in total. The highest BCUT2D eigenvalue weighted by atomic mass is 32.1. The molecular weight excluding hydrogens is 239 g/mol. The first-order valence-electron chi connectivity index (χ1n) is 5.60. The number of hydrogen-bond donors (Lipinski definition) is 2. The monoisotopic (exact) mass is 254 g/mol. The fourth-order valence-corrected chi connectivity index (χ4v) is 2.08. The minimum atomic E-state index is -0.328. The van der Waals surface area contributed by atoms with E-state index in [4.69, 9.17) is 22.7 Å². The smallest absolute Gasteiger partial charge is 0.124 e. The van der Waals surface area contributed by atoms with E-state index in [1.165, 1.54) is 12.1 Å². The van der Waals surface area contributed by atoms with Gasteiger partial charge in [0, 0.05) is 30.5 Å². The third-order valence-corrected chi connectivity index (χ3v) is 3.05. The topological polar surface area (TPSA) is 47.3 Å². The summed E-state index contributed by atoms with van der Waals surface area (Å²) in [6.07, 6.45) is 1.88. The second-order valence-corrected chi connectivity index (χ2v) is 4.52. The summed E-state index contributed by atoms with van der Waals surface area (Å²) in [5.74, 6) is -0.328. The molecule has 1 heterocycles. The molecule has 3 nitrogen and oxygen atoms in total. The number of ether oxygens (including phenoxy) is 1. The van der Waals surface area contributed by atoms with Gasteiger partial charge in [0.1, 0.15) is 10.8 Å². The van der Waals surface area contributed by atoms with Gasteiger partial charge in [-0.05, 0) is 31.0 Å². The molecule has 1 aromatic carbocycles. The maximum Gasteiger partial charge on any atom is 0.124 e. The summed E-state index contributed by atoms with van der Waals surface area (Å²) in [6.45, 7) is 1.50. The summed E-state index contributed by atoms with van der Waals surface area (Å²) >= 11 is 4.92. The highest BCUT2D eigenvalue weighted by Gasteiger charge is 2.15. The maximum atomic E-state index is 13.1. The number of rotatable bonds is 3. The lowest BCUT2D eigenvalue weighted by atomic mass is 10.1. The van der Waals surface area contributed by atoms with E-state index >= 15 is 0 Å². The first kappa shape index (κ1) is 12.3. The molecule has 0 saturated carbocycles. The number of hydrogen-bond acceptors (Lipinski definition) is 3. The minimum Gasteiger partial charge on any atom is -0.389 e. The molecule has 0 amide bonds. The molecule has 0 aliphatic carbocycles. The molecular formula is C12H15FN2OS. The largest absolute Gasteiger partial charge is 0.389 e. The van der Waals surface area contributed by atoms with E-state index in [1.807, 2.05) is 0 Å². The van der Waals surface area contributed by atoms with Gasteiger partial charge in [0.15, 0.2) is 0 Å². The predicted octanol–water partition coefficient (Wildman–Crippen LogP) is 2.05. The number of halogens is 1. The van der Waals surface area contributed by atoms with Gasteiger partial charge < -0.3 is 15.8 Å². The fraction of sp³-hybridized carbons (Fsp3) is 0.417. The van der Waals surface area contributed by atoms with Crippen LogP contribution < -0.4 is 11.1 Å². The highest BCUT2D eigenvalue weighted by molar-refractivity contribution is 7.80. The lowest BCUT2D eigenvalue weighted by Crippen LogP contribution is -2.29. The molecule has 1 saturated heterocycles. The van der Waals surface area contributed by atoms with Crippen molar-refractivity contribution in [3.63, 3.8) is 0 Å². The Morgan fingerprint density at radius 1 is 1.41 bits per heavy atom. The summed E-state index contributed by atoms with van der Waals surface area (Å²) in [5, 5.41) is 3.34. The van der Waals surface area contributed by atoms with E-state index in [9.17, 15) is 4.39 Å². The van der Waals surface area contributed by atoms with Gasteiger partial charge in [0.2, 0.25) is 0 Å². The van der Waals surface area contributed by atoms with Crippen molar-refractivity contribution in [2.24, 2.45) is 5.73 Å². The van der Waals surface area contributed by atoms with E-state index in [0.717, 1.165) is 31.7 Å². The summed E-state index contributed by atoms with van der Waals surface area (Å²) in [6, 6.07) is 4.79. The van der Waals surface area contributed by atoms with Crippen LogP contribution in [0, 0.1) is 5.82 Å². The molecule has 0 spiro atoms. The Bertz CT molecular complexity index is 419. The van der Waals surface area contributed by atoms with Crippen molar-refractivity contribution >= 4 is 22.9 Å². The Morgan fingerprint density at radius 2 is 2.12 bits per heavy atom. The van der Waals surface area contributed by atoms with E-state index in [-0.39, 0.29) is 10.8 Å². The van der Waals surface area contributed by atoms with Gasteiger partial charge in [-0.15, -0.1) is 0 Å². The molecule has 17 heavy (non-hydrogen) atoms. The molecule has 1 fully saturated rings. The Balaban J connectivity index is 2.16. The molecule has 1 aliphatic rings. The summed E-state index contributed by atoms with van der Waals surface area (Å²) < 4.78 is 18.4. The number of anilines is 1. The molecule has 0 unspecified atom stereocenters. The Kier molecular flexibility index (Phi) is 3.91. The SMILES string of the molecule is NC(=S)c1cc(F)ccc1NC1CCOCC1. The molecule has 1 aliphatic heterocycles. The second kappa shape index (κ2) is 5.42. The third-order valence-electron chi connectivity index (χ3n) is 2.83. The highest BCUT2D eigenvalue weighted by Crippen LogP contribution is 2.20. The maximum absolute atomic E-state index is 13.1. The van der Waals surface area contributed by atoms with Crippen molar-refractivity contribution in [1.29, 1.82) is 0 Å². The average Bonchev–Trinajstić information content (AvgIpc) is 2.32. The van der Waals surface area contributed by atoms with Gasteiger partial charge in [-0.3, -0.25) is 0 Å². The van der Waals surface area contributed by atoms with Gasteiger partial charge in [-0.1, -0.05) is 12.2 Å². The zero-order chi connectivity index (χ0) is 12.3. The number of nitrogens with one attached hydrogen (secondary N) is 1. The van der Waals surface area contributed by atoms with Crippen LogP contribution in [0.4, 0.5) is 10.1 Å². The predicted molar refractivity (Wildman–Crippen MR) is 69.8 cm³/mol. The van der Waals surface area contributed by atoms with Crippen molar-refractivity contribution < 1.29 is 9.13 Å². The first-order chi connectivity index (χ1) is 8.16. The molecule has 0 atom stereocenters. The van der Waals surface area contributed by atoms with E-state index in [0.29, 0.717) is 11.6 Å². The molecule has 0 aromatic heterocycles. The molecule has 2 rings (SSSR count). The summed E-state index contributed by atoms with van der Waals surface area (Å²) in [5.41, 5.74) is 6.95.